The van der Waals surface area contributed by atoms with E-state index in [1.807, 2.05) is 27.4 Å². The summed E-state index contributed by atoms with van der Waals surface area (Å²) in [4.78, 5) is 2.27. The minimum Gasteiger partial charge on any atom is -0.379 e. The maximum Gasteiger partial charge on any atom is 0.203 e. The molecule has 1 saturated heterocycles. The molecule has 0 radical (unpaired) electrons. The van der Waals surface area contributed by atoms with Crippen molar-refractivity contribution in [2.45, 2.75) is 13.1 Å². The van der Waals surface area contributed by atoms with E-state index in [0.29, 0.717) is 17.9 Å². The van der Waals surface area contributed by atoms with Crippen molar-refractivity contribution < 1.29 is 9.13 Å². The monoisotopic (exact) mass is 384 g/mol. The summed E-state index contributed by atoms with van der Waals surface area (Å²) < 4.78 is 23.2. The lowest BCUT2D eigenvalue weighted by Crippen LogP contribution is -2.37. The van der Waals surface area contributed by atoms with E-state index in [1.54, 1.807) is 12.1 Å². The predicted molar refractivity (Wildman–Crippen MR) is 104 cm³/mol. The van der Waals surface area contributed by atoms with Crippen molar-refractivity contribution in [2.24, 2.45) is 0 Å². The summed E-state index contributed by atoms with van der Waals surface area (Å²) >= 11 is 5.72. The van der Waals surface area contributed by atoms with Crippen LogP contribution in [0.15, 0.2) is 54.6 Å². The van der Waals surface area contributed by atoms with Gasteiger partial charge < -0.3 is 4.74 Å². The van der Waals surface area contributed by atoms with Crippen LogP contribution in [0.2, 0.25) is 0 Å². The third kappa shape index (κ3) is 4.16. The number of aromatic nitrogens is 3. The molecule has 5 nitrogen and oxygen atoms in total. The van der Waals surface area contributed by atoms with Crippen LogP contribution in [0.5, 0.6) is 0 Å². The average Bonchev–Trinajstić information content (AvgIpc) is 2.99. The second-order valence-corrected chi connectivity index (χ2v) is 6.91. The molecule has 27 heavy (non-hydrogen) atoms. The Morgan fingerprint density at radius 1 is 1.00 bits per heavy atom. The number of ether oxygens (including phenoxy) is 1. The van der Waals surface area contributed by atoms with E-state index in [4.69, 9.17) is 22.1 Å². The fourth-order valence-corrected chi connectivity index (χ4v) is 3.53. The largest absolute Gasteiger partial charge is 0.379 e. The third-order valence-electron chi connectivity index (χ3n) is 4.63. The minimum absolute atomic E-state index is 0.268. The number of hydrogen-bond donors (Lipinski definition) is 0. The van der Waals surface area contributed by atoms with Crippen molar-refractivity contribution in [1.29, 1.82) is 0 Å². The number of halogens is 1. The smallest absolute Gasteiger partial charge is 0.203 e. The number of rotatable bonds is 5. The molecule has 0 amide bonds. The Morgan fingerprint density at radius 2 is 1.70 bits per heavy atom. The van der Waals surface area contributed by atoms with Gasteiger partial charge in [-0.05, 0) is 42.0 Å². The molecule has 0 unspecified atom stereocenters. The van der Waals surface area contributed by atoms with Gasteiger partial charge in [0, 0.05) is 25.2 Å². The molecule has 0 bridgehead atoms. The van der Waals surface area contributed by atoms with Gasteiger partial charge in [0.05, 0.1) is 19.9 Å². The van der Waals surface area contributed by atoms with Gasteiger partial charge in [0.15, 0.2) is 0 Å². The fraction of sp³-hybridized carbons (Fsp3) is 0.300. The van der Waals surface area contributed by atoms with E-state index in [0.717, 1.165) is 43.4 Å². The molecule has 2 aromatic carbocycles. The molecule has 1 aliphatic heterocycles. The second kappa shape index (κ2) is 8.12. The van der Waals surface area contributed by atoms with Crippen LogP contribution in [0.3, 0.4) is 0 Å². The van der Waals surface area contributed by atoms with Crippen LogP contribution < -0.4 is 0 Å². The summed E-state index contributed by atoms with van der Waals surface area (Å²) in [7, 11) is 0. The van der Waals surface area contributed by atoms with E-state index in [2.05, 4.69) is 17.0 Å². The highest BCUT2D eigenvalue weighted by Crippen LogP contribution is 2.17. The van der Waals surface area contributed by atoms with Crippen LogP contribution in [-0.2, 0) is 17.8 Å². The van der Waals surface area contributed by atoms with E-state index in [1.165, 1.54) is 12.1 Å². The SMILES string of the molecule is Fc1ccc(-n2c(Cc3ccccc3)nn(CN3CCOCC3)c2=S)cc1. The first-order chi connectivity index (χ1) is 13.2. The minimum atomic E-state index is -0.268. The fourth-order valence-electron chi connectivity index (χ4n) is 3.22. The third-order valence-corrected chi connectivity index (χ3v) is 5.03. The van der Waals surface area contributed by atoms with Crippen molar-refractivity contribution in [3.8, 4) is 5.69 Å². The van der Waals surface area contributed by atoms with Gasteiger partial charge in [0.1, 0.15) is 11.6 Å². The van der Waals surface area contributed by atoms with E-state index >= 15 is 0 Å². The molecule has 3 aromatic rings. The highest BCUT2D eigenvalue weighted by Gasteiger charge is 2.17. The quantitative estimate of drug-likeness (QED) is 0.632. The lowest BCUT2D eigenvalue weighted by atomic mass is 10.1. The molecular weight excluding hydrogens is 363 g/mol. The summed E-state index contributed by atoms with van der Waals surface area (Å²) in [5.74, 6) is 0.571. The molecule has 4 rings (SSSR count). The van der Waals surface area contributed by atoms with Crippen molar-refractivity contribution in [3.05, 3.63) is 76.6 Å². The number of nitrogens with zero attached hydrogens (tertiary/aromatic N) is 4. The summed E-state index contributed by atoms with van der Waals surface area (Å²) in [6.07, 6.45) is 0.651. The van der Waals surface area contributed by atoms with Gasteiger partial charge in [-0.2, -0.15) is 5.10 Å². The Kier molecular flexibility index (Phi) is 5.42. The zero-order valence-corrected chi connectivity index (χ0v) is 15.7. The molecule has 0 spiro atoms. The maximum absolute atomic E-state index is 13.4. The summed E-state index contributed by atoms with van der Waals surface area (Å²) in [5.41, 5.74) is 1.97. The van der Waals surface area contributed by atoms with Crippen LogP contribution in [0.4, 0.5) is 4.39 Å². The molecule has 0 aliphatic carbocycles. The molecule has 7 heteroatoms. The van der Waals surface area contributed by atoms with Gasteiger partial charge in [0.2, 0.25) is 4.77 Å². The first kappa shape index (κ1) is 18.0. The molecular formula is C20H21FN4OS. The maximum atomic E-state index is 13.4. The molecule has 0 N–H and O–H groups in total. The topological polar surface area (TPSA) is 35.2 Å². The van der Waals surface area contributed by atoms with Crippen molar-refractivity contribution in [2.75, 3.05) is 26.3 Å². The van der Waals surface area contributed by atoms with E-state index < -0.39 is 0 Å². The molecule has 1 aliphatic rings. The molecule has 1 aromatic heterocycles. The van der Waals surface area contributed by atoms with Crippen LogP contribution >= 0.6 is 12.2 Å². The molecule has 0 atom stereocenters. The Morgan fingerprint density at radius 3 is 2.41 bits per heavy atom. The highest BCUT2D eigenvalue weighted by molar-refractivity contribution is 7.71. The summed E-state index contributed by atoms with van der Waals surface area (Å²) in [6.45, 7) is 3.79. The van der Waals surface area contributed by atoms with Crippen molar-refractivity contribution in [1.82, 2.24) is 19.2 Å². The van der Waals surface area contributed by atoms with Crippen LogP contribution in [-0.4, -0.2) is 45.6 Å². The summed E-state index contributed by atoms with van der Waals surface area (Å²) in [6, 6.07) is 16.5. The van der Waals surface area contributed by atoms with Crippen LogP contribution in [0.25, 0.3) is 5.69 Å². The first-order valence-electron chi connectivity index (χ1n) is 8.99. The zero-order chi connectivity index (χ0) is 18.6. The zero-order valence-electron chi connectivity index (χ0n) is 14.9. The van der Waals surface area contributed by atoms with Crippen molar-refractivity contribution in [3.63, 3.8) is 0 Å². The van der Waals surface area contributed by atoms with Crippen LogP contribution in [0, 0.1) is 10.6 Å². The first-order valence-corrected chi connectivity index (χ1v) is 9.40. The lowest BCUT2D eigenvalue weighted by Gasteiger charge is -2.26. The van der Waals surface area contributed by atoms with Crippen LogP contribution in [0.1, 0.15) is 11.4 Å². The standard InChI is InChI=1S/C20H21FN4OS/c21-17-6-8-18(9-7-17)25-19(14-16-4-2-1-3-5-16)22-24(20(25)27)15-23-10-12-26-13-11-23/h1-9H,10-15H2. The predicted octanol–water partition coefficient (Wildman–Crippen LogP) is 3.42. The van der Waals surface area contributed by atoms with E-state index in [9.17, 15) is 4.39 Å². The number of hydrogen-bond acceptors (Lipinski definition) is 4. The Labute approximate surface area is 162 Å². The second-order valence-electron chi connectivity index (χ2n) is 6.54. The number of morpholine rings is 1. The molecule has 2 heterocycles. The molecule has 0 saturated carbocycles. The van der Waals surface area contributed by atoms with E-state index in [-0.39, 0.29) is 5.82 Å². The van der Waals surface area contributed by atoms with Gasteiger partial charge in [-0.1, -0.05) is 30.3 Å². The average molecular weight is 384 g/mol. The highest BCUT2D eigenvalue weighted by atomic mass is 32.1. The van der Waals surface area contributed by atoms with Gasteiger partial charge in [-0.15, -0.1) is 0 Å². The molecule has 140 valence electrons. The number of benzene rings is 2. The van der Waals surface area contributed by atoms with Gasteiger partial charge >= 0.3 is 0 Å². The Balaban J connectivity index is 1.71. The van der Waals surface area contributed by atoms with Gasteiger partial charge in [0.25, 0.3) is 0 Å². The Hall–Kier alpha value is -2.35. The van der Waals surface area contributed by atoms with Gasteiger partial charge in [-0.25, -0.2) is 9.07 Å². The Bertz CT molecular complexity index is 946. The van der Waals surface area contributed by atoms with Crippen molar-refractivity contribution >= 4 is 12.2 Å². The summed E-state index contributed by atoms with van der Waals surface area (Å²) in [5, 5.41) is 4.80. The normalized spacial score (nSPS) is 15.1. The van der Waals surface area contributed by atoms with Gasteiger partial charge in [-0.3, -0.25) is 9.47 Å². The lowest BCUT2D eigenvalue weighted by molar-refractivity contribution is 0.0209. The molecule has 1 fully saturated rings.